The van der Waals surface area contributed by atoms with Crippen molar-refractivity contribution in [3.05, 3.63) is 47.9 Å². The maximum atomic E-state index is 6.04. The third-order valence-electron chi connectivity index (χ3n) is 4.00. The Morgan fingerprint density at radius 3 is 2.61 bits per heavy atom. The van der Waals surface area contributed by atoms with Crippen LogP contribution >= 0.6 is 11.6 Å². The average molecular weight is 333 g/mol. The lowest BCUT2D eigenvalue weighted by atomic mass is 10.1. The molecule has 1 aliphatic rings. The number of halogens is 1. The molecule has 122 valence electrons. The Labute approximate surface area is 141 Å². The molecule has 6 heteroatoms. The first kappa shape index (κ1) is 16.0. The molecule has 0 spiro atoms. The predicted molar refractivity (Wildman–Crippen MR) is 92.1 cm³/mol. The van der Waals surface area contributed by atoms with Crippen molar-refractivity contribution in [2.24, 2.45) is 0 Å². The lowest BCUT2D eigenvalue weighted by Gasteiger charge is -2.32. The smallest absolute Gasteiger partial charge is 0.171 e. The Hall–Kier alpha value is -1.85. The summed E-state index contributed by atoms with van der Waals surface area (Å²) in [5, 5.41) is 3.82. The van der Waals surface area contributed by atoms with Crippen molar-refractivity contribution in [2.45, 2.75) is 18.9 Å². The van der Waals surface area contributed by atoms with Gasteiger partial charge in [0.05, 0.1) is 0 Å². The predicted octanol–water partition coefficient (Wildman–Crippen LogP) is 3.09. The van der Waals surface area contributed by atoms with Gasteiger partial charge in [0, 0.05) is 38.1 Å². The quantitative estimate of drug-likeness (QED) is 0.881. The van der Waals surface area contributed by atoms with E-state index in [-0.39, 0.29) is 0 Å². The van der Waals surface area contributed by atoms with E-state index in [0.717, 1.165) is 44.8 Å². The van der Waals surface area contributed by atoms with Gasteiger partial charge in [-0.1, -0.05) is 29.8 Å². The first-order chi connectivity index (χ1) is 11.3. The number of piperidine rings is 1. The first-order valence-corrected chi connectivity index (χ1v) is 8.32. The third-order valence-corrected chi connectivity index (χ3v) is 4.28. The molecule has 1 aromatic carbocycles. The second-order valence-electron chi connectivity index (χ2n) is 5.62. The molecule has 1 saturated heterocycles. The molecule has 1 N–H and O–H groups in total. The van der Waals surface area contributed by atoms with Crippen LogP contribution in [0.1, 0.15) is 12.8 Å². The molecule has 1 aromatic heterocycles. The number of para-hydroxylation sites is 1. The highest BCUT2D eigenvalue weighted by atomic mass is 35.5. The van der Waals surface area contributed by atoms with Gasteiger partial charge in [0.2, 0.25) is 0 Å². The maximum absolute atomic E-state index is 6.04. The van der Waals surface area contributed by atoms with Crippen molar-refractivity contribution in [1.29, 1.82) is 0 Å². The molecule has 2 aromatic rings. The highest BCUT2D eigenvalue weighted by molar-refractivity contribution is 6.31. The Morgan fingerprint density at radius 2 is 1.87 bits per heavy atom. The van der Waals surface area contributed by atoms with Crippen LogP contribution in [0.3, 0.4) is 0 Å². The molecule has 0 radical (unpaired) electrons. The summed E-state index contributed by atoms with van der Waals surface area (Å²) in [5.41, 5.74) is 0. The number of aromatic nitrogens is 2. The van der Waals surface area contributed by atoms with Crippen molar-refractivity contribution in [2.75, 3.05) is 31.6 Å². The molecular weight excluding hydrogens is 312 g/mol. The Morgan fingerprint density at radius 1 is 1.13 bits per heavy atom. The fraction of sp³-hybridized carbons (Fsp3) is 0.412. The van der Waals surface area contributed by atoms with Crippen molar-refractivity contribution >= 4 is 17.4 Å². The lowest BCUT2D eigenvalue weighted by molar-refractivity contribution is 0.177. The molecule has 5 nitrogen and oxygen atoms in total. The minimum absolute atomic E-state index is 0.399. The van der Waals surface area contributed by atoms with Crippen LogP contribution in [-0.2, 0) is 0 Å². The van der Waals surface area contributed by atoms with Gasteiger partial charge in [-0.05, 0) is 25.0 Å². The van der Waals surface area contributed by atoms with Crippen LogP contribution in [0.25, 0.3) is 0 Å². The second kappa shape index (κ2) is 8.13. The molecule has 0 unspecified atom stereocenters. The van der Waals surface area contributed by atoms with Crippen molar-refractivity contribution in [3.63, 3.8) is 0 Å². The fourth-order valence-corrected chi connectivity index (χ4v) is 2.88. The zero-order chi connectivity index (χ0) is 15.9. The highest BCUT2D eigenvalue weighted by Crippen LogP contribution is 2.19. The number of nitrogens with zero attached hydrogens (tertiary/aromatic N) is 3. The van der Waals surface area contributed by atoms with Gasteiger partial charge in [0.15, 0.2) is 11.0 Å². The van der Waals surface area contributed by atoms with Crippen molar-refractivity contribution in [3.8, 4) is 5.75 Å². The van der Waals surface area contributed by atoms with E-state index in [1.807, 2.05) is 30.3 Å². The number of nitrogens with one attached hydrogen (secondary N) is 1. The van der Waals surface area contributed by atoms with Gasteiger partial charge < -0.3 is 10.1 Å². The number of hydrogen-bond donors (Lipinski definition) is 1. The van der Waals surface area contributed by atoms with Gasteiger partial charge >= 0.3 is 0 Å². The van der Waals surface area contributed by atoms with E-state index in [0.29, 0.717) is 17.0 Å². The van der Waals surface area contributed by atoms with Crippen LogP contribution in [0, 0.1) is 0 Å². The van der Waals surface area contributed by atoms with E-state index in [1.54, 1.807) is 12.4 Å². The summed E-state index contributed by atoms with van der Waals surface area (Å²) < 4.78 is 5.75. The summed E-state index contributed by atoms with van der Waals surface area (Å²) in [7, 11) is 0. The monoisotopic (exact) mass is 332 g/mol. The van der Waals surface area contributed by atoms with Crippen LogP contribution in [0.15, 0.2) is 42.7 Å². The summed E-state index contributed by atoms with van der Waals surface area (Å²) in [4.78, 5) is 10.7. The van der Waals surface area contributed by atoms with E-state index >= 15 is 0 Å². The van der Waals surface area contributed by atoms with Crippen molar-refractivity contribution < 1.29 is 4.74 Å². The van der Waals surface area contributed by atoms with E-state index < -0.39 is 0 Å². The summed E-state index contributed by atoms with van der Waals surface area (Å²) in [6, 6.07) is 10.3. The normalized spacial score (nSPS) is 16.2. The first-order valence-electron chi connectivity index (χ1n) is 7.94. The van der Waals surface area contributed by atoms with Crippen molar-refractivity contribution in [1.82, 2.24) is 14.9 Å². The van der Waals surface area contributed by atoms with Crippen LogP contribution in [0.4, 0.5) is 5.82 Å². The molecule has 0 amide bonds. The summed E-state index contributed by atoms with van der Waals surface area (Å²) >= 11 is 6.04. The molecule has 0 saturated carbocycles. The Kier molecular flexibility index (Phi) is 5.66. The molecule has 23 heavy (non-hydrogen) atoms. The number of hydrogen-bond acceptors (Lipinski definition) is 5. The number of likely N-dealkylation sites (tertiary alicyclic amines) is 1. The zero-order valence-electron chi connectivity index (χ0n) is 13.0. The molecule has 1 aliphatic heterocycles. The van der Waals surface area contributed by atoms with Gasteiger partial charge in [-0.15, -0.1) is 0 Å². The number of benzene rings is 1. The van der Waals surface area contributed by atoms with Crippen LogP contribution < -0.4 is 10.1 Å². The molecule has 3 rings (SSSR count). The minimum atomic E-state index is 0.399. The number of anilines is 1. The number of ether oxygens (including phenoxy) is 1. The van der Waals surface area contributed by atoms with Gasteiger partial charge in [0.1, 0.15) is 12.4 Å². The lowest BCUT2D eigenvalue weighted by Crippen LogP contribution is -2.41. The fourth-order valence-electron chi connectivity index (χ4n) is 2.72. The molecule has 0 aliphatic carbocycles. The van der Waals surface area contributed by atoms with E-state index in [1.165, 1.54) is 0 Å². The SMILES string of the molecule is Clc1nccnc1NC1CCN(CCOc2ccccc2)CC1. The van der Waals surface area contributed by atoms with E-state index in [9.17, 15) is 0 Å². The average Bonchev–Trinajstić information content (AvgIpc) is 2.59. The molecule has 0 atom stereocenters. The van der Waals surface area contributed by atoms with Crippen LogP contribution in [0.2, 0.25) is 5.15 Å². The topological polar surface area (TPSA) is 50.3 Å². The third kappa shape index (κ3) is 4.81. The summed E-state index contributed by atoms with van der Waals surface area (Å²) in [6.07, 6.45) is 5.39. The highest BCUT2D eigenvalue weighted by Gasteiger charge is 2.20. The second-order valence-corrected chi connectivity index (χ2v) is 5.98. The molecule has 0 bridgehead atoms. The van der Waals surface area contributed by atoms with E-state index in [2.05, 4.69) is 20.2 Å². The summed E-state index contributed by atoms with van der Waals surface area (Å²) in [6.45, 7) is 3.77. The Bertz CT molecular complexity index is 603. The maximum Gasteiger partial charge on any atom is 0.171 e. The molecular formula is C17H21ClN4O. The van der Waals surface area contributed by atoms with Gasteiger partial charge in [-0.25, -0.2) is 9.97 Å². The van der Waals surface area contributed by atoms with E-state index in [4.69, 9.17) is 16.3 Å². The Balaban J connectivity index is 1.38. The minimum Gasteiger partial charge on any atom is -0.492 e. The number of rotatable bonds is 6. The molecule has 2 heterocycles. The largest absolute Gasteiger partial charge is 0.492 e. The van der Waals surface area contributed by atoms with Crippen LogP contribution in [-0.4, -0.2) is 47.2 Å². The molecule has 1 fully saturated rings. The van der Waals surface area contributed by atoms with Crippen LogP contribution in [0.5, 0.6) is 5.75 Å². The standard InChI is InChI=1S/C17H21ClN4O/c18-16-17(20-9-8-19-16)21-14-6-10-22(11-7-14)12-13-23-15-4-2-1-3-5-15/h1-5,8-9,14H,6-7,10-13H2,(H,20,21). The summed E-state index contributed by atoms with van der Waals surface area (Å²) in [5.74, 6) is 1.61. The van der Waals surface area contributed by atoms with Gasteiger partial charge in [-0.3, -0.25) is 4.90 Å². The van der Waals surface area contributed by atoms with Gasteiger partial charge in [0.25, 0.3) is 0 Å². The zero-order valence-corrected chi connectivity index (χ0v) is 13.7. The van der Waals surface area contributed by atoms with Gasteiger partial charge in [-0.2, -0.15) is 0 Å².